The van der Waals surface area contributed by atoms with Crippen LogP contribution in [0.15, 0.2) is 29.3 Å². The highest BCUT2D eigenvalue weighted by molar-refractivity contribution is 6.07. The molecule has 0 spiro atoms. The van der Waals surface area contributed by atoms with Gasteiger partial charge in [-0.2, -0.15) is 0 Å². The van der Waals surface area contributed by atoms with Crippen molar-refractivity contribution >= 4 is 11.6 Å². The maximum Gasteiger partial charge on any atom is 0.279 e. The zero-order valence-electron chi connectivity index (χ0n) is 12.2. The molecule has 20 heavy (non-hydrogen) atoms. The molecule has 2 aliphatic rings. The highest BCUT2D eigenvalue weighted by Crippen LogP contribution is 2.64. The molecule has 2 bridgehead atoms. The first-order valence-corrected chi connectivity index (χ1v) is 7.23. The molecule has 1 aromatic carbocycles. The molecule has 0 N–H and O–H groups in total. The quantitative estimate of drug-likeness (QED) is 0.752. The Bertz CT molecular complexity index is 605. The summed E-state index contributed by atoms with van der Waals surface area (Å²) in [7, 11) is 0. The van der Waals surface area contributed by atoms with Crippen molar-refractivity contribution in [2.45, 2.75) is 40.0 Å². The van der Waals surface area contributed by atoms with Gasteiger partial charge < -0.3 is 0 Å². The fraction of sp³-hybridized carbons (Fsp3) is 0.529. The molecule has 3 heteroatoms. The summed E-state index contributed by atoms with van der Waals surface area (Å²) >= 11 is 0. The fourth-order valence-corrected chi connectivity index (χ4v) is 3.91. The number of nitrogens with zero attached hydrogens (tertiary/aromatic N) is 1. The molecule has 2 aliphatic carbocycles. The lowest BCUT2D eigenvalue weighted by atomic mass is 9.70. The van der Waals surface area contributed by atoms with E-state index in [4.69, 9.17) is 0 Å². The summed E-state index contributed by atoms with van der Waals surface area (Å²) in [5.74, 6) is -0.336. The Kier molecular flexibility index (Phi) is 2.86. The molecule has 106 valence electrons. The molecule has 2 unspecified atom stereocenters. The topological polar surface area (TPSA) is 29.4 Å². The van der Waals surface area contributed by atoms with Gasteiger partial charge in [-0.25, -0.2) is 9.38 Å². The molecule has 2 saturated carbocycles. The van der Waals surface area contributed by atoms with Crippen molar-refractivity contribution in [3.8, 4) is 0 Å². The smallest absolute Gasteiger partial charge is 0.267 e. The van der Waals surface area contributed by atoms with E-state index in [0.717, 1.165) is 18.6 Å². The highest BCUT2D eigenvalue weighted by atomic mass is 19.1. The molecule has 1 amide bonds. The van der Waals surface area contributed by atoms with Crippen LogP contribution < -0.4 is 0 Å². The second-order valence-corrected chi connectivity index (χ2v) is 6.84. The molecule has 0 aromatic heterocycles. The van der Waals surface area contributed by atoms with Crippen LogP contribution in [0.25, 0.3) is 0 Å². The Morgan fingerprint density at radius 1 is 1.30 bits per heavy atom. The zero-order chi connectivity index (χ0) is 14.5. The Hall–Kier alpha value is -1.51. The van der Waals surface area contributed by atoms with Gasteiger partial charge in [0.1, 0.15) is 5.82 Å². The fourth-order valence-electron chi connectivity index (χ4n) is 3.91. The van der Waals surface area contributed by atoms with Gasteiger partial charge in [-0.3, -0.25) is 4.79 Å². The van der Waals surface area contributed by atoms with E-state index in [0.29, 0.717) is 5.92 Å². The van der Waals surface area contributed by atoms with Crippen LogP contribution in [0.5, 0.6) is 0 Å². The van der Waals surface area contributed by atoms with E-state index in [2.05, 4.69) is 25.8 Å². The number of fused-ring (bicyclic) bond motifs is 2. The summed E-state index contributed by atoms with van der Waals surface area (Å²) in [6.45, 7) is 6.73. The van der Waals surface area contributed by atoms with E-state index in [-0.39, 0.29) is 16.4 Å². The Morgan fingerprint density at radius 2 is 2.00 bits per heavy atom. The number of hydrogen-bond donors (Lipinski definition) is 0. The number of benzene rings is 1. The van der Waals surface area contributed by atoms with Gasteiger partial charge in [0, 0.05) is 11.1 Å². The molecule has 0 radical (unpaired) electrons. The van der Waals surface area contributed by atoms with Crippen LogP contribution in [-0.4, -0.2) is 11.6 Å². The lowest BCUT2D eigenvalue weighted by molar-refractivity contribution is 0.0996. The lowest BCUT2D eigenvalue weighted by Crippen LogP contribution is -2.33. The van der Waals surface area contributed by atoms with Gasteiger partial charge in [-0.15, -0.1) is 0 Å². The average Bonchev–Trinajstić information content (AvgIpc) is 2.72. The van der Waals surface area contributed by atoms with E-state index in [9.17, 15) is 9.18 Å². The summed E-state index contributed by atoms with van der Waals surface area (Å²) in [4.78, 5) is 16.5. The molecule has 2 fully saturated rings. The third kappa shape index (κ3) is 1.68. The maximum atomic E-state index is 13.7. The predicted octanol–water partition coefficient (Wildman–Crippen LogP) is 4.25. The van der Waals surface area contributed by atoms with Gasteiger partial charge in [0.15, 0.2) is 0 Å². The number of halogens is 1. The lowest BCUT2D eigenvalue weighted by Gasteiger charge is -2.34. The van der Waals surface area contributed by atoms with E-state index < -0.39 is 11.7 Å². The van der Waals surface area contributed by atoms with E-state index in [1.54, 1.807) is 12.1 Å². The van der Waals surface area contributed by atoms with E-state index in [1.165, 1.54) is 18.6 Å². The summed E-state index contributed by atoms with van der Waals surface area (Å²) in [6, 6.07) is 6.06. The standard InChI is InChI=1S/C17H20FNO/c1-16(2)11-8-9-17(16,3)14(10-11)19-15(20)12-6-4-5-7-13(12)18/h4-7,11H,8-10H2,1-3H3. The van der Waals surface area contributed by atoms with Crippen molar-refractivity contribution in [3.63, 3.8) is 0 Å². The number of carbonyl (C=O) groups is 1. The van der Waals surface area contributed by atoms with Crippen LogP contribution in [-0.2, 0) is 0 Å². The van der Waals surface area contributed by atoms with E-state index in [1.807, 2.05) is 0 Å². The Morgan fingerprint density at radius 3 is 2.55 bits per heavy atom. The van der Waals surface area contributed by atoms with E-state index >= 15 is 0 Å². The van der Waals surface area contributed by atoms with Crippen molar-refractivity contribution in [3.05, 3.63) is 35.6 Å². The Labute approximate surface area is 119 Å². The minimum Gasteiger partial charge on any atom is -0.267 e. The predicted molar refractivity (Wildman–Crippen MR) is 77.4 cm³/mol. The van der Waals surface area contributed by atoms with Crippen LogP contribution in [0, 0.1) is 22.6 Å². The molecule has 0 heterocycles. The maximum absolute atomic E-state index is 13.7. The van der Waals surface area contributed by atoms with Crippen molar-refractivity contribution in [2.24, 2.45) is 21.7 Å². The van der Waals surface area contributed by atoms with Crippen LogP contribution in [0.3, 0.4) is 0 Å². The van der Waals surface area contributed by atoms with Crippen molar-refractivity contribution in [1.82, 2.24) is 0 Å². The number of carbonyl (C=O) groups excluding carboxylic acids is 1. The highest BCUT2D eigenvalue weighted by Gasteiger charge is 2.59. The van der Waals surface area contributed by atoms with Gasteiger partial charge in [0.2, 0.25) is 0 Å². The molecular weight excluding hydrogens is 253 g/mol. The first kappa shape index (κ1) is 13.5. The van der Waals surface area contributed by atoms with Gasteiger partial charge in [-0.1, -0.05) is 32.9 Å². The van der Waals surface area contributed by atoms with Crippen LogP contribution in [0.2, 0.25) is 0 Å². The first-order chi connectivity index (χ1) is 9.36. The molecule has 3 rings (SSSR count). The second kappa shape index (κ2) is 4.24. The van der Waals surface area contributed by atoms with Crippen LogP contribution >= 0.6 is 0 Å². The molecule has 2 atom stereocenters. The zero-order valence-corrected chi connectivity index (χ0v) is 12.2. The van der Waals surface area contributed by atoms with Gasteiger partial charge >= 0.3 is 0 Å². The van der Waals surface area contributed by atoms with Crippen LogP contribution in [0.4, 0.5) is 4.39 Å². The normalized spacial score (nSPS) is 32.8. The molecular formula is C17H20FNO. The third-order valence-electron chi connectivity index (χ3n) is 5.85. The molecule has 1 aromatic rings. The third-order valence-corrected chi connectivity index (χ3v) is 5.85. The summed E-state index contributed by atoms with van der Waals surface area (Å²) in [5, 5.41) is 0. The molecule has 0 saturated heterocycles. The Balaban J connectivity index is 1.95. The first-order valence-electron chi connectivity index (χ1n) is 7.23. The largest absolute Gasteiger partial charge is 0.279 e. The number of hydrogen-bond acceptors (Lipinski definition) is 1. The van der Waals surface area contributed by atoms with Crippen molar-refractivity contribution in [2.75, 3.05) is 0 Å². The summed E-state index contributed by atoms with van der Waals surface area (Å²) < 4.78 is 13.7. The van der Waals surface area contributed by atoms with Gasteiger partial charge in [0.05, 0.1) is 5.56 Å². The summed E-state index contributed by atoms with van der Waals surface area (Å²) in [6.07, 6.45) is 3.16. The average molecular weight is 273 g/mol. The summed E-state index contributed by atoms with van der Waals surface area (Å²) in [5.41, 5.74) is 1.20. The number of rotatable bonds is 1. The van der Waals surface area contributed by atoms with Gasteiger partial charge in [0.25, 0.3) is 5.91 Å². The SMILES string of the molecule is CC12CCC(CC1=NC(=O)c1ccccc1F)C2(C)C. The molecule has 0 aliphatic heterocycles. The monoisotopic (exact) mass is 273 g/mol. The minimum atomic E-state index is -0.491. The minimum absolute atomic E-state index is 0.0153. The number of amides is 1. The number of aliphatic imine (C=N–C) groups is 1. The van der Waals surface area contributed by atoms with Crippen molar-refractivity contribution < 1.29 is 9.18 Å². The van der Waals surface area contributed by atoms with Crippen LogP contribution in [0.1, 0.15) is 50.4 Å². The van der Waals surface area contributed by atoms with Gasteiger partial charge in [-0.05, 0) is 42.7 Å². The van der Waals surface area contributed by atoms with Crippen molar-refractivity contribution in [1.29, 1.82) is 0 Å². The second-order valence-electron chi connectivity index (χ2n) is 6.84. The molecule has 2 nitrogen and oxygen atoms in total.